The number of rotatable bonds is 58. The maximum absolute atomic E-state index is 12.8. The topological polar surface area (TPSA) is 231 Å². The molecule has 4 N–H and O–H groups in total. The summed E-state index contributed by atoms with van der Waals surface area (Å²) in [5.74, 6) is -1.59. The summed E-state index contributed by atoms with van der Waals surface area (Å²) >= 11 is 0. The lowest BCUT2D eigenvalue weighted by atomic mass is 10.0. The van der Waals surface area contributed by atoms with Gasteiger partial charge in [-0.1, -0.05) is 216 Å². The summed E-state index contributed by atoms with van der Waals surface area (Å²) in [6.07, 6.45) is 52.9. The van der Waals surface area contributed by atoms with Crippen LogP contribution in [0.25, 0.3) is 0 Å². The number of esters is 3. The summed E-state index contributed by atoms with van der Waals surface area (Å²) in [5.41, 5.74) is 0. The highest BCUT2D eigenvalue weighted by molar-refractivity contribution is 7.47. The molecular formula is C61H110O16P2. The molecule has 0 saturated heterocycles. The molecule has 0 saturated carbocycles. The third-order valence-corrected chi connectivity index (χ3v) is 14.6. The highest BCUT2D eigenvalue weighted by Gasteiger charge is 2.29. The highest BCUT2D eigenvalue weighted by atomic mass is 31.2. The van der Waals surface area contributed by atoms with Crippen LogP contribution in [0.15, 0.2) is 60.8 Å². The Morgan fingerprint density at radius 3 is 1.11 bits per heavy atom. The van der Waals surface area contributed by atoms with E-state index in [0.29, 0.717) is 19.3 Å². The molecule has 0 aliphatic heterocycles. The van der Waals surface area contributed by atoms with E-state index in [0.717, 1.165) is 122 Å². The van der Waals surface area contributed by atoms with Crippen LogP contribution in [0.4, 0.5) is 0 Å². The first-order chi connectivity index (χ1) is 38.2. The number of allylic oxidation sites excluding steroid dienone is 10. The number of hydrogen-bond acceptors (Lipinski definition) is 14. The van der Waals surface area contributed by atoms with Crippen molar-refractivity contribution in [3.8, 4) is 0 Å². The Bertz CT molecular complexity index is 1700. The van der Waals surface area contributed by atoms with Gasteiger partial charge < -0.3 is 34.2 Å². The number of aliphatic hydroxyl groups excluding tert-OH is 2. The van der Waals surface area contributed by atoms with Gasteiger partial charge in [0.05, 0.1) is 26.4 Å². The van der Waals surface area contributed by atoms with Crippen LogP contribution in [-0.2, 0) is 55.8 Å². The number of phosphoric ester groups is 2. The lowest BCUT2D eigenvalue weighted by Gasteiger charge is -2.21. The smallest absolute Gasteiger partial charge is 0.463 e. The van der Waals surface area contributed by atoms with E-state index in [1.165, 1.54) is 70.6 Å². The molecule has 460 valence electrons. The maximum atomic E-state index is 12.8. The van der Waals surface area contributed by atoms with Gasteiger partial charge in [0.2, 0.25) is 0 Å². The molecule has 0 aromatic rings. The van der Waals surface area contributed by atoms with Gasteiger partial charge >= 0.3 is 33.6 Å². The molecule has 0 aliphatic carbocycles. The van der Waals surface area contributed by atoms with Gasteiger partial charge in [0.1, 0.15) is 25.4 Å². The van der Waals surface area contributed by atoms with Crippen molar-refractivity contribution in [1.29, 1.82) is 0 Å². The minimum atomic E-state index is -4.91. The molecule has 16 nitrogen and oxygen atoms in total. The number of hydrogen-bond donors (Lipinski definition) is 4. The summed E-state index contributed by atoms with van der Waals surface area (Å²) in [5, 5.41) is 20.4. The van der Waals surface area contributed by atoms with E-state index in [4.69, 9.17) is 32.3 Å². The quantitative estimate of drug-likeness (QED) is 0.0146. The van der Waals surface area contributed by atoms with Crippen LogP contribution in [0.1, 0.15) is 252 Å². The van der Waals surface area contributed by atoms with Crippen molar-refractivity contribution in [1.82, 2.24) is 0 Å². The third kappa shape index (κ3) is 56.9. The van der Waals surface area contributed by atoms with Crippen LogP contribution < -0.4 is 0 Å². The standard InChI is InChI=1S/C61H110O16P2/c1-4-7-10-13-16-19-22-24-25-26-27-28-29-31-34-35-38-41-44-47-59(64)71-50-56(62)51-73-78(67,68)74-52-57(63)53-75-79(69,70)76-55-58(77-61(66)49-46-43-40-37-32-21-18-15-12-9-6-3)54-72-60(65)48-45-42-39-36-33-30-23-20-17-14-11-8-5-2/h7,10,15-16,18-19,24-25,27-28,56-58,62-63H,4-6,8-9,11-14,17,20-23,26,29-55H2,1-3H3,(H,67,68)(H,69,70)/b10-7-,18-15-,19-16-,25-24-,28-27-. The first-order valence-electron chi connectivity index (χ1n) is 30.6. The zero-order valence-corrected chi connectivity index (χ0v) is 51.1. The van der Waals surface area contributed by atoms with Crippen LogP contribution in [0.2, 0.25) is 0 Å². The van der Waals surface area contributed by atoms with Crippen LogP contribution in [0.3, 0.4) is 0 Å². The minimum Gasteiger partial charge on any atom is -0.463 e. The molecule has 5 atom stereocenters. The minimum absolute atomic E-state index is 0.0977. The zero-order chi connectivity index (χ0) is 58.2. The van der Waals surface area contributed by atoms with E-state index in [1.807, 2.05) is 0 Å². The molecule has 5 unspecified atom stereocenters. The predicted octanol–water partition coefficient (Wildman–Crippen LogP) is 15.9. The first-order valence-corrected chi connectivity index (χ1v) is 33.6. The first kappa shape index (κ1) is 76.2. The molecule has 0 radical (unpaired) electrons. The monoisotopic (exact) mass is 1160 g/mol. The van der Waals surface area contributed by atoms with Gasteiger partial charge in [-0.25, -0.2) is 9.13 Å². The second kappa shape index (κ2) is 55.8. The number of carbonyl (C=O) groups is 3. The van der Waals surface area contributed by atoms with Crippen LogP contribution >= 0.6 is 15.6 Å². The van der Waals surface area contributed by atoms with Crippen molar-refractivity contribution in [3.63, 3.8) is 0 Å². The normalized spacial score (nSPS) is 14.9. The van der Waals surface area contributed by atoms with E-state index in [-0.39, 0.29) is 19.3 Å². The summed E-state index contributed by atoms with van der Waals surface area (Å²) in [6.45, 7) is 2.48. The van der Waals surface area contributed by atoms with Crippen LogP contribution in [0, 0.1) is 0 Å². The maximum Gasteiger partial charge on any atom is 0.472 e. The van der Waals surface area contributed by atoms with Crippen molar-refractivity contribution >= 4 is 33.6 Å². The van der Waals surface area contributed by atoms with Crippen molar-refractivity contribution in [2.24, 2.45) is 0 Å². The molecule has 0 fully saturated rings. The fourth-order valence-electron chi connectivity index (χ4n) is 8.01. The highest BCUT2D eigenvalue weighted by Crippen LogP contribution is 2.45. The van der Waals surface area contributed by atoms with Crippen LogP contribution in [-0.4, -0.2) is 95.9 Å². The average Bonchev–Trinajstić information content (AvgIpc) is 3.42. The van der Waals surface area contributed by atoms with Gasteiger partial charge in [0, 0.05) is 19.3 Å². The van der Waals surface area contributed by atoms with Gasteiger partial charge in [0.15, 0.2) is 6.10 Å². The van der Waals surface area contributed by atoms with Crippen molar-refractivity contribution in [2.75, 3.05) is 39.6 Å². The van der Waals surface area contributed by atoms with E-state index in [1.54, 1.807) is 0 Å². The Balaban J connectivity index is 4.59. The second-order valence-electron chi connectivity index (χ2n) is 20.5. The fraction of sp³-hybridized carbons (Fsp3) is 0.787. The molecule has 0 aliphatic rings. The number of ether oxygens (including phenoxy) is 3. The number of carbonyl (C=O) groups excluding carboxylic acids is 3. The fourth-order valence-corrected chi connectivity index (χ4v) is 9.60. The Labute approximate surface area is 478 Å². The molecule has 0 rings (SSSR count). The molecule has 18 heteroatoms. The zero-order valence-electron chi connectivity index (χ0n) is 49.3. The van der Waals surface area contributed by atoms with E-state index in [2.05, 4.69) is 81.5 Å². The summed E-state index contributed by atoms with van der Waals surface area (Å²) < 4.78 is 60.6. The Hall–Kier alpha value is -2.75. The van der Waals surface area contributed by atoms with E-state index < -0.39 is 91.5 Å². The SMILES string of the molecule is CC/C=C\C/C=C\C/C=C\C/C=C\CCCCCCCCC(=O)OCC(O)COP(=O)(O)OCC(O)COP(=O)(O)OCC(COC(=O)CCCCCCCCCCCCCCC)OC(=O)CCCCCCC/C=C\CCCC. The predicted molar refractivity (Wildman–Crippen MR) is 316 cm³/mol. The third-order valence-electron chi connectivity index (χ3n) is 12.7. The Kier molecular flexibility index (Phi) is 53.8. The molecule has 79 heavy (non-hydrogen) atoms. The van der Waals surface area contributed by atoms with Gasteiger partial charge in [0.25, 0.3) is 0 Å². The van der Waals surface area contributed by atoms with Gasteiger partial charge in [-0.2, -0.15) is 0 Å². The molecule has 0 amide bonds. The van der Waals surface area contributed by atoms with Gasteiger partial charge in [-0.3, -0.25) is 32.5 Å². The Morgan fingerprint density at radius 1 is 0.367 bits per heavy atom. The molecule has 0 spiro atoms. The molecule has 0 bridgehead atoms. The van der Waals surface area contributed by atoms with E-state index in [9.17, 15) is 43.5 Å². The molecule has 0 heterocycles. The lowest BCUT2D eigenvalue weighted by molar-refractivity contribution is -0.161. The number of phosphoric acid groups is 2. The largest absolute Gasteiger partial charge is 0.472 e. The molecular weight excluding hydrogens is 1050 g/mol. The van der Waals surface area contributed by atoms with Crippen molar-refractivity contribution < 1.29 is 75.8 Å². The average molecular weight is 1160 g/mol. The second-order valence-corrected chi connectivity index (χ2v) is 23.4. The number of unbranched alkanes of at least 4 members (excludes halogenated alkanes) is 25. The molecule has 0 aromatic carbocycles. The molecule has 0 aromatic heterocycles. The lowest BCUT2D eigenvalue weighted by Crippen LogP contribution is -2.30. The van der Waals surface area contributed by atoms with E-state index >= 15 is 0 Å². The van der Waals surface area contributed by atoms with Gasteiger partial charge in [-0.05, 0) is 77.0 Å². The summed E-state index contributed by atoms with van der Waals surface area (Å²) in [4.78, 5) is 58.0. The summed E-state index contributed by atoms with van der Waals surface area (Å²) in [6, 6.07) is 0. The van der Waals surface area contributed by atoms with Gasteiger partial charge in [-0.15, -0.1) is 0 Å². The van der Waals surface area contributed by atoms with Crippen LogP contribution in [0.5, 0.6) is 0 Å². The number of aliphatic hydroxyl groups is 2. The van der Waals surface area contributed by atoms with Crippen molar-refractivity contribution in [3.05, 3.63) is 60.8 Å². The summed E-state index contributed by atoms with van der Waals surface area (Å²) in [7, 11) is -9.75. The van der Waals surface area contributed by atoms with Crippen molar-refractivity contribution in [2.45, 2.75) is 270 Å². The Morgan fingerprint density at radius 2 is 0.684 bits per heavy atom.